The van der Waals surface area contributed by atoms with Gasteiger partial charge in [0.2, 0.25) is 11.9 Å². The molecule has 1 heterocycles. The molecule has 1 aromatic heterocycles. The maximum absolute atomic E-state index is 12.6. The third-order valence-corrected chi connectivity index (χ3v) is 4.87. The number of benzene rings is 1. The van der Waals surface area contributed by atoms with Gasteiger partial charge in [-0.1, -0.05) is 12.1 Å². The van der Waals surface area contributed by atoms with Gasteiger partial charge < -0.3 is 21.1 Å². The lowest BCUT2D eigenvalue weighted by molar-refractivity contribution is -0.122. The molecule has 1 atom stereocenters. The van der Waals surface area contributed by atoms with Crippen LogP contribution in [-0.2, 0) is 4.79 Å². The summed E-state index contributed by atoms with van der Waals surface area (Å²) < 4.78 is 0. The molecule has 2 aromatic rings. The molecule has 3 rings (SSSR count). The molecule has 1 aliphatic rings. The zero-order valence-corrected chi connectivity index (χ0v) is 15.5. The Morgan fingerprint density at radius 1 is 1.22 bits per heavy atom. The predicted molar refractivity (Wildman–Crippen MR) is 102 cm³/mol. The van der Waals surface area contributed by atoms with Gasteiger partial charge in [-0.25, -0.2) is 9.97 Å². The number of carbonyl (C=O) groups is 2. The lowest BCUT2D eigenvalue weighted by atomic mass is 9.93. The second kappa shape index (κ2) is 8.30. The van der Waals surface area contributed by atoms with Crippen LogP contribution in [0.5, 0.6) is 0 Å². The van der Waals surface area contributed by atoms with Crippen molar-refractivity contribution < 1.29 is 14.7 Å². The van der Waals surface area contributed by atoms with E-state index >= 15 is 0 Å². The number of carbonyl (C=O) groups excluding carboxylic acids is 2. The number of nitrogens with zero attached hydrogens (tertiary/aromatic N) is 2. The Hall–Kier alpha value is -2.74. The van der Waals surface area contributed by atoms with E-state index in [0.29, 0.717) is 17.0 Å². The van der Waals surface area contributed by atoms with Crippen LogP contribution in [0.2, 0.25) is 0 Å². The number of hydrogen-bond donors (Lipinski definition) is 4. The summed E-state index contributed by atoms with van der Waals surface area (Å²) in [5.41, 5.74) is 0.931. The van der Waals surface area contributed by atoms with Crippen molar-refractivity contribution in [3.63, 3.8) is 0 Å². The van der Waals surface area contributed by atoms with E-state index in [9.17, 15) is 14.7 Å². The molecule has 27 heavy (non-hydrogen) atoms. The van der Waals surface area contributed by atoms with Gasteiger partial charge in [0.25, 0.3) is 5.91 Å². The summed E-state index contributed by atoms with van der Waals surface area (Å²) in [6.45, 7) is 1.63. The fraction of sp³-hybridized carbons (Fsp3) is 0.474. The Morgan fingerprint density at radius 2 is 1.96 bits per heavy atom. The smallest absolute Gasteiger partial charge is 0.254 e. The topological polar surface area (TPSA) is 116 Å². The lowest BCUT2D eigenvalue weighted by Crippen LogP contribution is -2.43. The van der Waals surface area contributed by atoms with E-state index < -0.39 is 6.04 Å². The zero-order chi connectivity index (χ0) is 19.4. The molecule has 1 aromatic carbocycles. The SMILES string of the molecule is CNC(=O)[C@H](C)NC(=O)c1cccc2cnc(NC3CCC(O)CC3)nc12. The first kappa shape index (κ1) is 19.0. The summed E-state index contributed by atoms with van der Waals surface area (Å²) in [6.07, 6.45) is 4.69. The summed E-state index contributed by atoms with van der Waals surface area (Å²) >= 11 is 0. The lowest BCUT2D eigenvalue weighted by Gasteiger charge is -2.26. The third kappa shape index (κ3) is 4.51. The highest BCUT2D eigenvalue weighted by molar-refractivity contribution is 6.06. The van der Waals surface area contributed by atoms with Crippen LogP contribution in [0.4, 0.5) is 5.95 Å². The van der Waals surface area contributed by atoms with E-state index in [4.69, 9.17) is 0 Å². The molecular weight excluding hydrogens is 346 g/mol. The molecule has 0 radical (unpaired) electrons. The van der Waals surface area contributed by atoms with Crippen molar-refractivity contribution >= 4 is 28.7 Å². The van der Waals surface area contributed by atoms with Crippen LogP contribution in [0.1, 0.15) is 43.0 Å². The molecule has 144 valence electrons. The average Bonchev–Trinajstić information content (AvgIpc) is 2.68. The van der Waals surface area contributed by atoms with Crippen LogP contribution in [-0.4, -0.2) is 52.1 Å². The highest BCUT2D eigenvalue weighted by Crippen LogP contribution is 2.22. The van der Waals surface area contributed by atoms with E-state index in [2.05, 4.69) is 25.9 Å². The second-order valence-corrected chi connectivity index (χ2v) is 6.90. The quantitative estimate of drug-likeness (QED) is 0.628. The minimum Gasteiger partial charge on any atom is -0.393 e. The third-order valence-electron chi connectivity index (χ3n) is 4.87. The first-order valence-electron chi connectivity index (χ1n) is 9.20. The molecule has 0 bridgehead atoms. The highest BCUT2D eigenvalue weighted by atomic mass is 16.3. The standard InChI is InChI=1S/C19H25N5O3/c1-11(17(26)20-2)22-18(27)15-5-3-4-12-10-21-19(24-16(12)15)23-13-6-8-14(25)9-7-13/h3-5,10-11,13-14,25H,6-9H2,1-2H3,(H,20,26)(H,22,27)(H,21,23,24)/t11-,13?,14?/m0/s1. The molecule has 1 fully saturated rings. The molecule has 4 N–H and O–H groups in total. The van der Waals surface area contributed by atoms with Crippen molar-refractivity contribution in [2.24, 2.45) is 0 Å². The van der Waals surface area contributed by atoms with Crippen molar-refractivity contribution in [3.05, 3.63) is 30.0 Å². The molecule has 2 amide bonds. The predicted octanol–water partition coefficient (Wildman–Crippen LogP) is 1.21. The number of anilines is 1. The Kier molecular flexibility index (Phi) is 5.85. The highest BCUT2D eigenvalue weighted by Gasteiger charge is 2.21. The normalized spacial score (nSPS) is 20.7. The van der Waals surface area contributed by atoms with Gasteiger partial charge in [-0.3, -0.25) is 9.59 Å². The van der Waals surface area contributed by atoms with E-state index in [1.165, 1.54) is 7.05 Å². The molecular formula is C19H25N5O3. The minimum atomic E-state index is -0.647. The number of aliphatic hydroxyl groups is 1. The van der Waals surface area contributed by atoms with Crippen molar-refractivity contribution in [2.45, 2.75) is 50.8 Å². The fourth-order valence-corrected chi connectivity index (χ4v) is 3.27. The molecule has 0 spiro atoms. The van der Waals surface area contributed by atoms with Crippen LogP contribution in [0.15, 0.2) is 24.4 Å². The average molecular weight is 371 g/mol. The molecule has 0 unspecified atom stereocenters. The van der Waals surface area contributed by atoms with Gasteiger partial charge in [0, 0.05) is 24.7 Å². The molecule has 1 saturated carbocycles. The summed E-state index contributed by atoms with van der Waals surface area (Å²) in [5.74, 6) is -0.161. The Labute approximate surface area is 157 Å². The molecule has 0 aliphatic heterocycles. The van der Waals surface area contributed by atoms with Gasteiger partial charge in [0.15, 0.2) is 0 Å². The number of hydrogen-bond acceptors (Lipinski definition) is 6. The molecule has 8 nitrogen and oxygen atoms in total. The van der Waals surface area contributed by atoms with E-state index in [1.54, 1.807) is 25.3 Å². The number of fused-ring (bicyclic) bond motifs is 1. The summed E-state index contributed by atoms with van der Waals surface area (Å²) in [4.78, 5) is 33.2. The monoisotopic (exact) mass is 371 g/mol. The van der Waals surface area contributed by atoms with Gasteiger partial charge >= 0.3 is 0 Å². The van der Waals surface area contributed by atoms with Crippen LogP contribution in [0, 0.1) is 0 Å². The summed E-state index contributed by atoms with van der Waals surface area (Å²) in [5, 5.41) is 18.9. The molecule has 0 saturated heterocycles. The fourth-order valence-electron chi connectivity index (χ4n) is 3.27. The Bertz CT molecular complexity index is 833. The number of rotatable bonds is 5. The molecule has 1 aliphatic carbocycles. The number of para-hydroxylation sites is 1. The minimum absolute atomic E-state index is 0.208. The maximum atomic E-state index is 12.6. The van der Waals surface area contributed by atoms with E-state index in [0.717, 1.165) is 31.1 Å². The maximum Gasteiger partial charge on any atom is 0.254 e. The van der Waals surface area contributed by atoms with Crippen LogP contribution < -0.4 is 16.0 Å². The number of aliphatic hydroxyl groups excluding tert-OH is 1. The van der Waals surface area contributed by atoms with Crippen molar-refractivity contribution in [2.75, 3.05) is 12.4 Å². The first-order chi connectivity index (χ1) is 13.0. The summed E-state index contributed by atoms with van der Waals surface area (Å²) in [7, 11) is 1.53. The van der Waals surface area contributed by atoms with Crippen LogP contribution in [0.3, 0.4) is 0 Å². The number of aromatic nitrogens is 2. The van der Waals surface area contributed by atoms with Gasteiger partial charge in [-0.2, -0.15) is 0 Å². The van der Waals surface area contributed by atoms with Crippen molar-refractivity contribution in [3.8, 4) is 0 Å². The van der Waals surface area contributed by atoms with Gasteiger partial charge in [-0.05, 0) is 38.7 Å². The zero-order valence-electron chi connectivity index (χ0n) is 15.5. The largest absolute Gasteiger partial charge is 0.393 e. The molecule has 8 heteroatoms. The van der Waals surface area contributed by atoms with Crippen molar-refractivity contribution in [1.29, 1.82) is 0 Å². The second-order valence-electron chi connectivity index (χ2n) is 6.90. The number of amides is 2. The Balaban J connectivity index is 1.81. The van der Waals surface area contributed by atoms with E-state index in [1.807, 2.05) is 6.07 Å². The Morgan fingerprint density at radius 3 is 2.67 bits per heavy atom. The van der Waals surface area contributed by atoms with Gasteiger partial charge in [-0.15, -0.1) is 0 Å². The van der Waals surface area contributed by atoms with Crippen molar-refractivity contribution in [1.82, 2.24) is 20.6 Å². The summed E-state index contributed by atoms with van der Waals surface area (Å²) in [6, 6.07) is 4.85. The van der Waals surface area contributed by atoms with Crippen LogP contribution >= 0.6 is 0 Å². The van der Waals surface area contributed by atoms with Crippen LogP contribution in [0.25, 0.3) is 10.9 Å². The van der Waals surface area contributed by atoms with E-state index in [-0.39, 0.29) is 24.0 Å². The number of likely N-dealkylation sites (N-methyl/N-ethyl adjacent to an activating group) is 1. The van der Waals surface area contributed by atoms with Gasteiger partial charge in [0.1, 0.15) is 6.04 Å². The number of nitrogens with one attached hydrogen (secondary N) is 3. The first-order valence-corrected chi connectivity index (χ1v) is 9.20. The van der Waals surface area contributed by atoms with Gasteiger partial charge in [0.05, 0.1) is 17.2 Å².